The van der Waals surface area contributed by atoms with Crippen molar-refractivity contribution in [2.45, 2.75) is 91.9 Å². The van der Waals surface area contributed by atoms with E-state index >= 15 is 0 Å². The third-order valence-electron chi connectivity index (χ3n) is 4.48. The van der Waals surface area contributed by atoms with E-state index in [0.717, 1.165) is 18.7 Å². The van der Waals surface area contributed by atoms with Gasteiger partial charge in [-0.2, -0.15) is 0 Å². The number of aryl methyl sites for hydroxylation is 1. The molecule has 0 saturated carbocycles. The monoisotopic (exact) mass is 316 g/mol. The molecule has 0 bridgehead atoms. The summed E-state index contributed by atoms with van der Waals surface area (Å²) < 4.78 is 0. The zero-order chi connectivity index (χ0) is 16.9. The number of allylic oxidation sites excluding steroid dienone is 2. The quantitative estimate of drug-likeness (QED) is 0.334. The summed E-state index contributed by atoms with van der Waals surface area (Å²) in [7, 11) is 0. The van der Waals surface area contributed by atoms with Crippen molar-refractivity contribution in [1.82, 2.24) is 9.97 Å². The van der Waals surface area contributed by atoms with Crippen LogP contribution in [0.2, 0.25) is 0 Å². The van der Waals surface area contributed by atoms with E-state index in [-0.39, 0.29) is 0 Å². The molecule has 0 aliphatic rings. The first-order valence-corrected chi connectivity index (χ1v) is 9.70. The zero-order valence-electron chi connectivity index (χ0n) is 15.8. The molecule has 0 N–H and O–H groups in total. The topological polar surface area (TPSA) is 25.8 Å². The Labute approximate surface area is 143 Å². The third kappa shape index (κ3) is 8.29. The highest BCUT2D eigenvalue weighted by Gasteiger charge is 2.11. The predicted molar refractivity (Wildman–Crippen MR) is 101 cm³/mol. The van der Waals surface area contributed by atoms with Crippen LogP contribution in [0.1, 0.15) is 90.6 Å². The van der Waals surface area contributed by atoms with Gasteiger partial charge >= 0.3 is 0 Å². The molecule has 0 aliphatic heterocycles. The Bertz CT molecular complexity index is 451. The first-order chi connectivity index (χ1) is 11.2. The average Bonchev–Trinajstić information content (AvgIpc) is 2.57. The Balaban J connectivity index is 2.72. The highest BCUT2D eigenvalue weighted by Crippen LogP contribution is 2.22. The van der Waals surface area contributed by atoms with E-state index in [4.69, 9.17) is 4.98 Å². The fraction of sp³-hybridized carbons (Fsp3) is 0.714. The van der Waals surface area contributed by atoms with E-state index in [1.165, 1.54) is 62.6 Å². The van der Waals surface area contributed by atoms with Crippen LogP contribution in [0, 0.1) is 5.92 Å². The third-order valence-corrected chi connectivity index (χ3v) is 4.48. The fourth-order valence-electron chi connectivity index (χ4n) is 2.87. The molecule has 0 amide bonds. The van der Waals surface area contributed by atoms with Crippen molar-refractivity contribution in [1.29, 1.82) is 0 Å². The van der Waals surface area contributed by atoms with Crippen LogP contribution in [-0.4, -0.2) is 9.97 Å². The van der Waals surface area contributed by atoms with E-state index in [0.29, 0.717) is 5.92 Å². The number of unbranched alkanes of at least 4 members (excludes halogenated alkanes) is 4. The summed E-state index contributed by atoms with van der Waals surface area (Å²) in [6.07, 6.45) is 16.4. The predicted octanol–water partition coefficient (Wildman–Crippen LogP) is 6.30. The average molecular weight is 317 g/mol. The number of hydrogen-bond donors (Lipinski definition) is 0. The Morgan fingerprint density at radius 3 is 2.57 bits per heavy atom. The lowest BCUT2D eigenvalue weighted by molar-refractivity contribution is 0.541. The van der Waals surface area contributed by atoms with Crippen molar-refractivity contribution in [3.8, 4) is 0 Å². The van der Waals surface area contributed by atoms with Crippen LogP contribution in [-0.2, 0) is 12.8 Å². The molecule has 0 saturated heterocycles. The molecule has 0 spiro atoms. The molecule has 0 aromatic carbocycles. The SMILES string of the molecule is CCC/C=C(/Cc1nccc(CCCC)n1)C(C)CCCCC. The molecule has 1 heterocycles. The Morgan fingerprint density at radius 1 is 1.09 bits per heavy atom. The van der Waals surface area contributed by atoms with Crippen LogP contribution in [0.25, 0.3) is 0 Å². The van der Waals surface area contributed by atoms with Crippen molar-refractivity contribution >= 4 is 0 Å². The van der Waals surface area contributed by atoms with Gasteiger partial charge in [0.1, 0.15) is 5.82 Å². The molecule has 2 heteroatoms. The first-order valence-electron chi connectivity index (χ1n) is 9.70. The van der Waals surface area contributed by atoms with Crippen LogP contribution in [0.4, 0.5) is 0 Å². The maximum atomic E-state index is 4.79. The van der Waals surface area contributed by atoms with E-state index in [9.17, 15) is 0 Å². The summed E-state index contributed by atoms with van der Waals surface area (Å²) in [5.74, 6) is 1.65. The van der Waals surface area contributed by atoms with Crippen molar-refractivity contribution in [2.24, 2.45) is 5.92 Å². The van der Waals surface area contributed by atoms with E-state index < -0.39 is 0 Å². The molecule has 130 valence electrons. The highest BCUT2D eigenvalue weighted by molar-refractivity contribution is 5.14. The second-order valence-electron chi connectivity index (χ2n) is 6.71. The van der Waals surface area contributed by atoms with Crippen LogP contribution in [0.15, 0.2) is 23.9 Å². The minimum atomic E-state index is 0.649. The summed E-state index contributed by atoms with van der Waals surface area (Å²) in [5.41, 5.74) is 2.74. The van der Waals surface area contributed by atoms with E-state index in [1.54, 1.807) is 0 Å². The molecular weight excluding hydrogens is 280 g/mol. The highest BCUT2D eigenvalue weighted by atomic mass is 14.9. The molecular formula is C21H36N2. The van der Waals surface area contributed by atoms with Gasteiger partial charge in [-0.25, -0.2) is 9.97 Å². The number of hydrogen-bond acceptors (Lipinski definition) is 2. The zero-order valence-corrected chi connectivity index (χ0v) is 15.8. The summed E-state index contributed by atoms with van der Waals surface area (Å²) >= 11 is 0. The lowest BCUT2D eigenvalue weighted by atomic mass is 9.91. The summed E-state index contributed by atoms with van der Waals surface area (Å²) in [4.78, 5) is 9.31. The molecule has 0 aliphatic carbocycles. The fourth-order valence-corrected chi connectivity index (χ4v) is 2.87. The molecule has 1 aromatic rings. The van der Waals surface area contributed by atoms with Crippen molar-refractivity contribution in [2.75, 3.05) is 0 Å². The van der Waals surface area contributed by atoms with Gasteiger partial charge < -0.3 is 0 Å². The minimum Gasteiger partial charge on any atom is -0.241 e. The molecule has 1 aromatic heterocycles. The number of aromatic nitrogens is 2. The van der Waals surface area contributed by atoms with E-state index in [2.05, 4.69) is 44.8 Å². The Kier molecular flexibility index (Phi) is 10.6. The van der Waals surface area contributed by atoms with Crippen LogP contribution in [0.5, 0.6) is 0 Å². The molecule has 23 heavy (non-hydrogen) atoms. The van der Waals surface area contributed by atoms with Gasteiger partial charge in [-0.1, -0.05) is 71.4 Å². The van der Waals surface area contributed by atoms with Crippen LogP contribution < -0.4 is 0 Å². The van der Waals surface area contributed by atoms with Gasteiger partial charge in [-0.15, -0.1) is 0 Å². The van der Waals surface area contributed by atoms with Crippen molar-refractivity contribution in [3.63, 3.8) is 0 Å². The largest absolute Gasteiger partial charge is 0.241 e. The molecule has 1 unspecified atom stereocenters. The lowest BCUT2D eigenvalue weighted by Crippen LogP contribution is -2.07. The van der Waals surface area contributed by atoms with Gasteiger partial charge in [0.2, 0.25) is 0 Å². The van der Waals surface area contributed by atoms with Crippen LogP contribution in [0.3, 0.4) is 0 Å². The first kappa shape index (κ1) is 19.9. The normalized spacial score (nSPS) is 13.3. The van der Waals surface area contributed by atoms with Gasteiger partial charge in [-0.3, -0.25) is 0 Å². The summed E-state index contributed by atoms with van der Waals surface area (Å²) in [6, 6.07) is 2.07. The molecule has 2 nitrogen and oxygen atoms in total. The maximum absolute atomic E-state index is 4.79. The molecule has 1 rings (SSSR count). The Morgan fingerprint density at radius 2 is 1.87 bits per heavy atom. The van der Waals surface area contributed by atoms with Crippen molar-refractivity contribution in [3.05, 3.63) is 35.4 Å². The van der Waals surface area contributed by atoms with E-state index in [1.807, 2.05) is 6.20 Å². The van der Waals surface area contributed by atoms with Gasteiger partial charge in [0.15, 0.2) is 0 Å². The number of rotatable bonds is 12. The van der Waals surface area contributed by atoms with Gasteiger partial charge in [0, 0.05) is 18.3 Å². The summed E-state index contributed by atoms with van der Waals surface area (Å²) in [6.45, 7) is 9.12. The standard InChI is InChI=1S/C21H36N2/c1-5-8-11-12-18(4)19(13-9-6-2)17-21-22-16-15-20(23-21)14-10-7-3/h13,15-16,18H,5-12,14,17H2,1-4H3/b19-13-. The van der Waals surface area contributed by atoms with Gasteiger partial charge in [0.05, 0.1) is 0 Å². The van der Waals surface area contributed by atoms with Crippen LogP contribution >= 0.6 is 0 Å². The second kappa shape index (κ2) is 12.3. The van der Waals surface area contributed by atoms with Crippen molar-refractivity contribution < 1.29 is 0 Å². The minimum absolute atomic E-state index is 0.649. The Hall–Kier alpha value is -1.18. The molecule has 0 fully saturated rings. The van der Waals surface area contributed by atoms with Gasteiger partial charge in [-0.05, 0) is 37.7 Å². The second-order valence-corrected chi connectivity index (χ2v) is 6.71. The summed E-state index contributed by atoms with van der Waals surface area (Å²) in [5, 5.41) is 0. The smallest absolute Gasteiger partial charge is 0.132 e. The maximum Gasteiger partial charge on any atom is 0.132 e. The number of nitrogens with zero attached hydrogens (tertiary/aromatic N) is 2. The molecule has 0 radical (unpaired) electrons. The molecule has 1 atom stereocenters. The van der Waals surface area contributed by atoms with Gasteiger partial charge in [0.25, 0.3) is 0 Å². The lowest BCUT2D eigenvalue weighted by Gasteiger charge is -2.16.